The largest absolute Gasteiger partial charge is 0.480 e. The number of hydrazone groups is 1. The molecule has 354 valence electrons. The van der Waals surface area contributed by atoms with Gasteiger partial charge in [-0.15, -0.1) is 20.4 Å². The van der Waals surface area contributed by atoms with Gasteiger partial charge >= 0.3 is 5.97 Å². The topological polar surface area (TPSA) is 354 Å². The maximum atomic E-state index is 13.5. The van der Waals surface area contributed by atoms with Crippen LogP contribution >= 0.6 is 11.8 Å². The Morgan fingerprint density at radius 1 is 1.03 bits per heavy atom. The van der Waals surface area contributed by atoms with Crippen molar-refractivity contribution in [3.63, 3.8) is 0 Å². The Balaban J connectivity index is 0.982. The number of nitrogens with zero attached hydrogens (tertiary/aromatic N) is 11. The second-order valence-electron chi connectivity index (χ2n) is 15.2. The summed E-state index contributed by atoms with van der Waals surface area (Å²) in [5, 5.41) is 67.7. The number of carbonyl (C=O) groups is 4. The monoisotopic (exact) mass is 943 g/mol. The molecule has 0 spiro atoms. The molecule has 5 aromatic rings. The van der Waals surface area contributed by atoms with Gasteiger partial charge in [-0.05, 0) is 50.0 Å². The Morgan fingerprint density at radius 3 is 2.52 bits per heavy atom. The number of anilines is 1. The highest BCUT2D eigenvalue weighted by Gasteiger charge is 2.44. The molecule has 0 aliphatic carbocycles. The zero-order valence-corrected chi connectivity index (χ0v) is 36.9. The Bertz CT molecular complexity index is 2530. The van der Waals surface area contributed by atoms with E-state index in [4.69, 9.17) is 15.6 Å². The first kappa shape index (κ1) is 49.3. The van der Waals surface area contributed by atoms with Crippen LogP contribution in [0.25, 0.3) is 22.6 Å². The van der Waals surface area contributed by atoms with Crippen LogP contribution in [-0.2, 0) is 25.7 Å². The Morgan fingerprint density at radius 2 is 1.78 bits per heavy atom. The first-order chi connectivity index (χ1) is 32.3. The van der Waals surface area contributed by atoms with E-state index in [1.807, 2.05) is 0 Å². The molecule has 25 nitrogen and oxygen atoms in total. The number of nitrogens with two attached hydrogens (primary N) is 1. The van der Waals surface area contributed by atoms with Gasteiger partial charge in [0.15, 0.2) is 29.0 Å². The number of fused-ring (bicyclic) bond motifs is 1. The molecule has 1 aliphatic heterocycles. The van der Waals surface area contributed by atoms with Crippen molar-refractivity contribution in [1.82, 2.24) is 55.6 Å². The molecule has 6 rings (SSSR count). The molecule has 0 bridgehead atoms. The Kier molecular flexibility index (Phi) is 17.6. The number of rotatable bonds is 24. The van der Waals surface area contributed by atoms with Crippen LogP contribution < -0.4 is 21.8 Å². The summed E-state index contributed by atoms with van der Waals surface area (Å²) < 4.78 is 7.52. The number of unbranched alkanes of at least 4 members (excludes halogenated alkanes) is 1. The Labute approximate surface area is 386 Å². The number of nitrogens with one attached hydrogen (secondary N) is 3. The number of carbonyl (C=O) groups excluding carboxylic acids is 3. The summed E-state index contributed by atoms with van der Waals surface area (Å²) in [4.78, 5) is 75.3. The highest BCUT2D eigenvalue weighted by Crippen LogP contribution is 2.34. The van der Waals surface area contributed by atoms with Gasteiger partial charge in [0.1, 0.15) is 30.1 Å². The zero-order valence-electron chi connectivity index (χ0n) is 36.1. The third kappa shape index (κ3) is 13.5. The number of aliphatic hydroxyl groups excluding tert-OH is 2. The quantitative estimate of drug-likeness (QED) is 0.0196. The minimum absolute atomic E-state index is 0.0611. The summed E-state index contributed by atoms with van der Waals surface area (Å²) in [6.45, 7) is 2.27. The molecule has 1 saturated heterocycles. The van der Waals surface area contributed by atoms with E-state index < -0.39 is 47.4 Å². The normalized spacial score (nSPS) is 17.3. The van der Waals surface area contributed by atoms with Crippen molar-refractivity contribution in [2.45, 2.75) is 76.2 Å². The average Bonchev–Trinajstić information content (AvgIpc) is 3.88. The number of hydrogen-bond acceptors (Lipinski definition) is 20. The van der Waals surface area contributed by atoms with Crippen molar-refractivity contribution in [3.05, 3.63) is 88.3 Å². The number of imidazole rings is 1. The molecule has 26 heteroatoms. The van der Waals surface area contributed by atoms with Crippen LogP contribution in [-0.4, -0.2) is 150 Å². The number of aliphatic carboxylic acids is 1. The summed E-state index contributed by atoms with van der Waals surface area (Å²) in [5.74, 6) is -0.716. The Hall–Kier alpha value is -7.13. The number of ether oxygens (including phenoxy) is 1. The maximum Gasteiger partial charge on any atom is 0.320 e. The van der Waals surface area contributed by atoms with Gasteiger partial charge in [-0.1, -0.05) is 36.4 Å². The lowest BCUT2D eigenvalue weighted by Gasteiger charge is -2.22. The highest BCUT2D eigenvalue weighted by atomic mass is 32.2. The van der Waals surface area contributed by atoms with E-state index in [1.54, 1.807) is 31.2 Å². The molecular formula is C41H49N15O10S. The van der Waals surface area contributed by atoms with E-state index in [2.05, 4.69) is 56.5 Å². The number of aromatic nitrogens is 8. The molecule has 5 atom stereocenters. The molecule has 0 saturated carbocycles. The number of nitro groups is 1. The van der Waals surface area contributed by atoms with Crippen molar-refractivity contribution < 1.29 is 44.2 Å². The number of carboxylic acids is 1. The molecule has 4 unspecified atom stereocenters. The van der Waals surface area contributed by atoms with Crippen molar-refractivity contribution in [1.29, 1.82) is 0 Å². The minimum atomic E-state index is -1.28. The fourth-order valence-corrected chi connectivity index (χ4v) is 7.81. The van der Waals surface area contributed by atoms with Crippen molar-refractivity contribution in [2.24, 2.45) is 10.8 Å². The fraction of sp³-hybridized carbons (Fsp3) is 0.415. The molecule has 3 amide bonds. The van der Waals surface area contributed by atoms with Gasteiger partial charge < -0.3 is 41.3 Å². The van der Waals surface area contributed by atoms with E-state index in [-0.39, 0.29) is 55.4 Å². The minimum Gasteiger partial charge on any atom is -0.480 e. The van der Waals surface area contributed by atoms with Crippen LogP contribution in [0.5, 0.6) is 0 Å². The summed E-state index contributed by atoms with van der Waals surface area (Å²) in [7, 11) is 0. The van der Waals surface area contributed by atoms with Crippen LogP contribution in [0.4, 0.5) is 11.5 Å². The van der Waals surface area contributed by atoms with Gasteiger partial charge in [-0.2, -0.15) is 16.9 Å². The number of nitro benzene ring substituents is 1. The number of para-hydroxylation sites is 1. The van der Waals surface area contributed by atoms with Gasteiger partial charge in [-0.3, -0.25) is 33.9 Å². The number of aryl methyl sites for hydroxylation is 1. The van der Waals surface area contributed by atoms with Gasteiger partial charge in [-0.25, -0.2) is 20.4 Å². The first-order valence-corrected chi connectivity index (χ1v) is 22.2. The molecular weight excluding hydrogens is 895 g/mol. The molecule has 2 aromatic carbocycles. The van der Waals surface area contributed by atoms with E-state index in [0.29, 0.717) is 71.6 Å². The summed E-state index contributed by atoms with van der Waals surface area (Å²) in [5.41, 5.74) is 9.41. The summed E-state index contributed by atoms with van der Waals surface area (Å²) in [6.07, 6.45) is 1.33. The van der Waals surface area contributed by atoms with Crippen LogP contribution in [0, 0.1) is 17.0 Å². The van der Waals surface area contributed by atoms with E-state index in [9.17, 15) is 39.5 Å². The van der Waals surface area contributed by atoms with Crippen LogP contribution in [0.15, 0.2) is 66.3 Å². The third-order valence-corrected chi connectivity index (χ3v) is 11.4. The van der Waals surface area contributed by atoms with Gasteiger partial charge in [0.2, 0.25) is 17.6 Å². The number of benzene rings is 2. The SMILES string of the molecule is Cc1nnc(-c2ccc(CN(CC(=O)NCCCCNc3ncnc4c3ncn4C3OC(CSCC[C@H](N)C(=O)O)C(O)C3O)C(=O)CC/C=N/NC(=O)c3ccccc3[N+](=O)[O-])cc2)nn1. The van der Waals surface area contributed by atoms with Crippen LogP contribution in [0.2, 0.25) is 0 Å². The van der Waals surface area contributed by atoms with E-state index >= 15 is 0 Å². The fourth-order valence-electron chi connectivity index (χ4n) is 6.72. The molecule has 1 fully saturated rings. The molecule has 0 radical (unpaired) electrons. The zero-order chi connectivity index (χ0) is 47.9. The molecule has 67 heavy (non-hydrogen) atoms. The van der Waals surface area contributed by atoms with Crippen molar-refractivity contribution in [3.8, 4) is 11.4 Å². The van der Waals surface area contributed by atoms with E-state index in [1.165, 1.54) is 64.4 Å². The number of carboxylic acid groups (broad SMARTS) is 1. The second kappa shape index (κ2) is 23.9. The highest BCUT2D eigenvalue weighted by molar-refractivity contribution is 7.99. The van der Waals surface area contributed by atoms with Gasteiger partial charge in [0, 0.05) is 49.7 Å². The van der Waals surface area contributed by atoms with Gasteiger partial charge in [0.05, 0.1) is 23.9 Å². The number of thioether (sulfide) groups is 1. The van der Waals surface area contributed by atoms with Crippen molar-refractivity contribution >= 4 is 64.3 Å². The standard InChI is InChI=1S/C41H49N15O10S/c1-24-49-51-36(52-50-24)26-12-10-25(11-13-26)19-54(32(58)9-6-17-48-53-39(61)27-7-2-3-8-29(27)56(64)65)20-31(57)43-15-4-5-16-44-37-33-38(46-22-45-37)55(23-47-33)40-35(60)34(59)30(66-40)21-67-18-14-28(42)41(62)63/h2-3,7-8,10-13,17,22-23,28,30,34-35,40,59-60H,4-6,9,14-16,18-21,42H2,1H3,(H,43,57)(H,53,61)(H,62,63)(H,44,45,46)/b48-17+/t28-,30?,34?,35?,40?/m0/s1. The van der Waals surface area contributed by atoms with Crippen LogP contribution in [0.3, 0.4) is 0 Å². The molecule has 4 heterocycles. The number of hydrogen-bond donors (Lipinski definition) is 7. The number of amides is 3. The summed E-state index contributed by atoms with van der Waals surface area (Å²) >= 11 is 1.36. The molecule has 3 aromatic heterocycles. The third-order valence-electron chi connectivity index (χ3n) is 10.3. The lowest BCUT2D eigenvalue weighted by Crippen LogP contribution is -2.40. The predicted molar refractivity (Wildman–Crippen MR) is 241 cm³/mol. The van der Waals surface area contributed by atoms with Crippen molar-refractivity contribution in [2.75, 3.05) is 36.5 Å². The lowest BCUT2D eigenvalue weighted by molar-refractivity contribution is -0.385. The van der Waals surface area contributed by atoms with Gasteiger partial charge in [0.25, 0.3) is 11.6 Å². The second-order valence-corrected chi connectivity index (χ2v) is 16.3. The molecule has 1 aliphatic rings. The number of aliphatic hydroxyl groups is 2. The lowest BCUT2D eigenvalue weighted by atomic mass is 10.1. The molecule has 8 N–H and O–H groups in total. The maximum absolute atomic E-state index is 13.5. The average molecular weight is 944 g/mol. The van der Waals surface area contributed by atoms with Crippen LogP contribution in [0.1, 0.15) is 60.1 Å². The summed E-state index contributed by atoms with van der Waals surface area (Å²) in [6, 6.07) is 11.5. The smallest absolute Gasteiger partial charge is 0.320 e. The predicted octanol–water partition coefficient (Wildman–Crippen LogP) is 0.977. The van der Waals surface area contributed by atoms with E-state index in [0.717, 1.165) is 5.56 Å². The first-order valence-electron chi connectivity index (χ1n) is 21.0.